The van der Waals surface area contributed by atoms with Crippen molar-refractivity contribution in [2.24, 2.45) is 0 Å². The Labute approximate surface area is 175 Å². The molecule has 0 aliphatic carbocycles. The van der Waals surface area contributed by atoms with Gasteiger partial charge in [-0.3, -0.25) is 9.48 Å². The Morgan fingerprint density at radius 2 is 2.10 bits per heavy atom. The topological polar surface area (TPSA) is 106 Å². The van der Waals surface area contributed by atoms with Crippen LogP contribution in [0.4, 0.5) is 5.82 Å². The number of carbonyl (C=O) groups is 1. The monoisotopic (exact) mass is 406 g/mol. The van der Waals surface area contributed by atoms with Gasteiger partial charge in [0.05, 0.1) is 12.5 Å². The summed E-state index contributed by atoms with van der Waals surface area (Å²) in [5, 5.41) is 17.4. The Morgan fingerprint density at radius 3 is 2.90 bits per heavy atom. The van der Waals surface area contributed by atoms with Gasteiger partial charge in [0.15, 0.2) is 0 Å². The van der Waals surface area contributed by atoms with Crippen LogP contribution in [0.25, 0.3) is 0 Å². The van der Waals surface area contributed by atoms with E-state index < -0.39 is 12.0 Å². The third kappa shape index (κ3) is 4.64. The molecule has 2 atom stereocenters. The van der Waals surface area contributed by atoms with E-state index in [1.54, 1.807) is 18.6 Å². The van der Waals surface area contributed by atoms with Crippen molar-refractivity contribution in [1.29, 1.82) is 0 Å². The van der Waals surface area contributed by atoms with Gasteiger partial charge in [-0.2, -0.15) is 5.10 Å². The van der Waals surface area contributed by atoms with Gasteiger partial charge in [-0.15, -0.1) is 0 Å². The van der Waals surface area contributed by atoms with E-state index in [-0.39, 0.29) is 6.42 Å². The number of hydrogen-bond donors (Lipinski definition) is 2. The molecule has 0 spiro atoms. The summed E-state index contributed by atoms with van der Waals surface area (Å²) in [4.78, 5) is 24.4. The minimum absolute atomic E-state index is 0.0618. The molecule has 2 N–H and O–H groups in total. The van der Waals surface area contributed by atoms with Crippen molar-refractivity contribution in [1.82, 2.24) is 24.7 Å². The highest BCUT2D eigenvalue weighted by Crippen LogP contribution is 2.26. The van der Waals surface area contributed by atoms with Crippen LogP contribution in [-0.2, 0) is 17.6 Å². The van der Waals surface area contributed by atoms with E-state index >= 15 is 0 Å². The van der Waals surface area contributed by atoms with Crippen molar-refractivity contribution in [2.75, 3.05) is 5.32 Å². The summed E-state index contributed by atoms with van der Waals surface area (Å²) < 4.78 is 1.81. The molecule has 0 saturated carbocycles. The zero-order chi connectivity index (χ0) is 20.9. The van der Waals surface area contributed by atoms with Crippen molar-refractivity contribution in [3.8, 4) is 0 Å². The quantitative estimate of drug-likeness (QED) is 0.592. The summed E-state index contributed by atoms with van der Waals surface area (Å²) in [5.74, 6) is 0.781. The maximum atomic E-state index is 11.5. The Morgan fingerprint density at radius 1 is 1.27 bits per heavy atom. The average molecular weight is 406 g/mol. The lowest BCUT2D eigenvalue weighted by atomic mass is 9.96. The van der Waals surface area contributed by atoms with Gasteiger partial charge in [0.1, 0.15) is 11.6 Å². The molecule has 1 aliphatic rings. The summed E-state index contributed by atoms with van der Waals surface area (Å²) in [7, 11) is 0. The van der Waals surface area contributed by atoms with Gasteiger partial charge in [0, 0.05) is 42.1 Å². The first-order valence-corrected chi connectivity index (χ1v) is 10.3. The number of nitrogens with one attached hydrogen (secondary N) is 1. The molecule has 0 saturated heterocycles. The first kappa shape index (κ1) is 20.0. The number of fused-ring (bicyclic) bond motifs is 1. The predicted octanol–water partition coefficient (Wildman–Crippen LogP) is 3.19. The third-order valence-electron chi connectivity index (χ3n) is 5.58. The third-order valence-corrected chi connectivity index (χ3v) is 5.58. The molecule has 1 unspecified atom stereocenters. The molecule has 1 aliphatic heterocycles. The van der Waals surface area contributed by atoms with Gasteiger partial charge >= 0.3 is 5.97 Å². The molecule has 0 aromatic carbocycles. The maximum absolute atomic E-state index is 11.5. The smallest absolute Gasteiger partial charge is 0.305 e. The van der Waals surface area contributed by atoms with E-state index in [2.05, 4.69) is 31.4 Å². The van der Waals surface area contributed by atoms with Crippen LogP contribution in [0.15, 0.2) is 43.0 Å². The van der Waals surface area contributed by atoms with Crippen LogP contribution in [-0.4, -0.2) is 41.9 Å². The molecule has 8 nitrogen and oxygen atoms in total. The largest absolute Gasteiger partial charge is 0.481 e. The van der Waals surface area contributed by atoms with Gasteiger partial charge in [0.25, 0.3) is 0 Å². The number of pyridine rings is 1. The maximum Gasteiger partial charge on any atom is 0.305 e. The molecular weight excluding hydrogens is 380 g/mol. The Balaban J connectivity index is 1.42. The number of carboxylic acid groups (broad SMARTS) is 1. The fourth-order valence-electron chi connectivity index (χ4n) is 4.02. The van der Waals surface area contributed by atoms with E-state index in [1.165, 1.54) is 5.56 Å². The lowest BCUT2D eigenvalue weighted by molar-refractivity contribution is -0.137. The summed E-state index contributed by atoms with van der Waals surface area (Å²) >= 11 is 0. The standard InChI is InChI=1S/C22H26N6O2/c1-15-24-13-17(14-25-15)20(12-21(29)30)28-19(9-11-26-28)6-2-5-18-8-7-16-4-3-10-23-22(16)27-18/h3-4,9-11,13-14,18,20H,2,5-8,12H2,1H3,(H,23,27)(H,29,30)/t18-,20?/m1/s1. The summed E-state index contributed by atoms with van der Waals surface area (Å²) in [6.45, 7) is 1.81. The van der Waals surface area contributed by atoms with Crippen molar-refractivity contribution in [2.45, 2.75) is 57.5 Å². The SMILES string of the molecule is Cc1ncc(C(CC(=O)O)n2nccc2CCC[C@@H]2CCc3cccnc3N2)cn1. The van der Waals surface area contributed by atoms with Crippen LogP contribution in [0.5, 0.6) is 0 Å². The number of hydrogen-bond acceptors (Lipinski definition) is 6. The van der Waals surface area contributed by atoms with Gasteiger partial charge < -0.3 is 10.4 Å². The molecule has 0 bridgehead atoms. The lowest BCUT2D eigenvalue weighted by Crippen LogP contribution is -2.26. The van der Waals surface area contributed by atoms with Gasteiger partial charge in [-0.05, 0) is 56.7 Å². The molecular formula is C22H26N6O2. The van der Waals surface area contributed by atoms with Crippen LogP contribution in [0, 0.1) is 6.92 Å². The predicted molar refractivity (Wildman–Crippen MR) is 112 cm³/mol. The highest BCUT2D eigenvalue weighted by molar-refractivity contribution is 5.68. The zero-order valence-corrected chi connectivity index (χ0v) is 17.0. The van der Waals surface area contributed by atoms with E-state index in [9.17, 15) is 9.90 Å². The highest BCUT2D eigenvalue weighted by Gasteiger charge is 2.22. The molecule has 156 valence electrons. The first-order valence-electron chi connectivity index (χ1n) is 10.3. The molecule has 8 heteroatoms. The average Bonchev–Trinajstić information content (AvgIpc) is 3.21. The summed E-state index contributed by atoms with van der Waals surface area (Å²) in [6, 6.07) is 6.06. The first-order chi connectivity index (χ1) is 14.6. The fraction of sp³-hybridized carbons (Fsp3) is 0.409. The van der Waals surface area contributed by atoms with Crippen LogP contribution < -0.4 is 5.32 Å². The van der Waals surface area contributed by atoms with Crippen LogP contribution >= 0.6 is 0 Å². The fourth-order valence-corrected chi connectivity index (χ4v) is 4.02. The van der Waals surface area contributed by atoms with Crippen molar-refractivity contribution < 1.29 is 9.90 Å². The number of aryl methyl sites for hydroxylation is 3. The lowest BCUT2D eigenvalue weighted by Gasteiger charge is -2.26. The minimum atomic E-state index is -0.875. The van der Waals surface area contributed by atoms with Crippen LogP contribution in [0.3, 0.4) is 0 Å². The Bertz CT molecular complexity index is 1000. The number of anilines is 1. The van der Waals surface area contributed by atoms with Gasteiger partial charge in [-0.1, -0.05) is 6.07 Å². The summed E-state index contributed by atoms with van der Waals surface area (Å²) in [5.41, 5.74) is 3.06. The summed E-state index contributed by atoms with van der Waals surface area (Å²) in [6.07, 6.45) is 11.9. The van der Waals surface area contributed by atoms with Crippen molar-refractivity contribution >= 4 is 11.8 Å². The number of nitrogens with zero attached hydrogens (tertiary/aromatic N) is 5. The van der Waals surface area contributed by atoms with Gasteiger partial charge in [0.2, 0.25) is 0 Å². The number of aliphatic carboxylic acids is 1. The second-order valence-electron chi connectivity index (χ2n) is 7.73. The molecule has 3 aromatic rings. The molecule has 0 radical (unpaired) electrons. The number of aromatic nitrogens is 5. The van der Waals surface area contributed by atoms with Crippen LogP contribution in [0.1, 0.15) is 54.4 Å². The Hall–Kier alpha value is -3.29. The Kier molecular flexibility index (Phi) is 6.02. The zero-order valence-electron chi connectivity index (χ0n) is 17.0. The second kappa shape index (κ2) is 9.02. The molecule has 30 heavy (non-hydrogen) atoms. The number of rotatable bonds is 8. The van der Waals surface area contributed by atoms with E-state index in [0.29, 0.717) is 11.9 Å². The highest BCUT2D eigenvalue weighted by atomic mass is 16.4. The van der Waals surface area contributed by atoms with Gasteiger partial charge in [-0.25, -0.2) is 15.0 Å². The van der Waals surface area contributed by atoms with Crippen LogP contribution in [0.2, 0.25) is 0 Å². The minimum Gasteiger partial charge on any atom is -0.481 e. The van der Waals surface area contributed by atoms with E-state index in [1.807, 2.05) is 29.9 Å². The molecule has 4 heterocycles. The van der Waals surface area contributed by atoms with E-state index in [4.69, 9.17) is 0 Å². The molecule has 0 fully saturated rings. The second-order valence-corrected chi connectivity index (χ2v) is 7.73. The molecule has 4 rings (SSSR count). The molecule has 0 amide bonds. The number of carboxylic acids is 1. The van der Waals surface area contributed by atoms with E-state index in [0.717, 1.165) is 49.2 Å². The van der Waals surface area contributed by atoms with Crippen molar-refractivity contribution in [3.05, 3.63) is 65.6 Å². The molecule has 3 aromatic heterocycles. The normalized spacial score (nSPS) is 16.5. The van der Waals surface area contributed by atoms with Crippen molar-refractivity contribution in [3.63, 3.8) is 0 Å².